The Hall–Kier alpha value is -0.420. The van der Waals surface area contributed by atoms with Crippen LogP contribution in [0.15, 0.2) is 12.2 Å². The molecule has 0 aliphatic carbocycles. The minimum Gasteiger partial charge on any atom is -0.394 e. The zero-order valence-corrected chi connectivity index (χ0v) is 7.03. The van der Waals surface area contributed by atoms with Crippen LogP contribution in [-0.4, -0.2) is 39.9 Å². The van der Waals surface area contributed by atoms with Crippen molar-refractivity contribution in [3.8, 4) is 0 Å². The first-order valence-corrected chi connectivity index (χ1v) is 3.84. The summed E-state index contributed by atoms with van der Waals surface area (Å²) in [5.41, 5.74) is 0.442. The average Bonchev–Trinajstić information content (AvgIpc) is 2.27. The molecule has 0 aromatic rings. The second-order valence-electron chi connectivity index (χ2n) is 3.18. The van der Waals surface area contributed by atoms with Crippen LogP contribution < -0.4 is 0 Å². The van der Waals surface area contributed by atoms with Crippen molar-refractivity contribution < 1.29 is 20.1 Å². The molecule has 1 aliphatic rings. The van der Waals surface area contributed by atoms with Gasteiger partial charge in [-0.15, -0.1) is 0 Å². The molecule has 1 rings (SSSR count). The van der Waals surface area contributed by atoms with Crippen molar-refractivity contribution in [1.82, 2.24) is 0 Å². The number of ether oxygens (including phenoxy) is 1. The topological polar surface area (TPSA) is 69.9 Å². The van der Waals surface area contributed by atoms with Crippen molar-refractivity contribution in [3.63, 3.8) is 0 Å². The molecule has 1 aliphatic heterocycles. The van der Waals surface area contributed by atoms with E-state index in [-0.39, 0.29) is 13.0 Å². The van der Waals surface area contributed by atoms with Crippen LogP contribution in [-0.2, 0) is 4.74 Å². The zero-order chi connectivity index (χ0) is 9.35. The van der Waals surface area contributed by atoms with Gasteiger partial charge in [0.15, 0.2) is 5.79 Å². The second kappa shape index (κ2) is 3.14. The highest BCUT2D eigenvalue weighted by Gasteiger charge is 2.44. The maximum absolute atomic E-state index is 9.65. The SMILES string of the molecule is C=C(C)[C@]1(O)C[C@H](O)[C@@H](CO)O1. The van der Waals surface area contributed by atoms with Gasteiger partial charge in [-0.25, -0.2) is 0 Å². The molecule has 0 unspecified atom stereocenters. The number of aliphatic hydroxyl groups is 3. The molecule has 4 heteroatoms. The van der Waals surface area contributed by atoms with E-state index >= 15 is 0 Å². The Kier molecular flexibility index (Phi) is 2.53. The Morgan fingerprint density at radius 2 is 2.33 bits per heavy atom. The van der Waals surface area contributed by atoms with Crippen molar-refractivity contribution >= 4 is 0 Å². The van der Waals surface area contributed by atoms with Gasteiger partial charge < -0.3 is 20.1 Å². The molecule has 1 heterocycles. The average molecular weight is 174 g/mol. The maximum Gasteiger partial charge on any atom is 0.190 e. The molecule has 0 aromatic heterocycles. The molecule has 0 saturated carbocycles. The molecule has 0 bridgehead atoms. The van der Waals surface area contributed by atoms with Crippen molar-refractivity contribution in [2.45, 2.75) is 31.3 Å². The van der Waals surface area contributed by atoms with Crippen molar-refractivity contribution in [3.05, 3.63) is 12.2 Å². The molecule has 4 nitrogen and oxygen atoms in total. The van der Waals surface area contributed by atoms with Crippen LogP contribution in [0.4, 0.5) is 0 Å². The molecular formula is C8H14O4. The van der Waals surface area contributed by atoms with E-state index in [1.54, 1.807) is 6.92 Å². The Bertz CT molecular complexity index is 191. The van der Waals surface area contributed by atoms with Gasteiger partial charge in [0.05, 0.1) is 12.7 Å². The fourth-order valence-electron chi connectivity index (χ4n) is 1.23. The van der Waals surface area contributed by atoms with Crippen LogP contribution in [0.2, 0.25) is 0 Å². The number of rotatable bonds is 2. The van der Waals surface area contributed by atoms with Crippen LogP contribution in [0.3, 0.4) is 0 Å². The summed E-state index contributed by atoms with van der Waals surface area (Å²) >= 11 is 0. The Labute approximate surface area is 71.1 Å². The molecule has 12 heavy (non-hydrogen) atoms. The van der Waals surface area contributed by atoms with E-state index in [0.29, 0.717) is 5.57 Å². The predicted octanol–water partition coefficient (Wildman–Crippen LogP) is -0.607. The maximum atomic E-state index is 9.65. The van der Waals surface area contributed by atoms with E-state index < -0.39 is 18.0 Å². The molecule has 0 radical (unpaired) electrons. The fraction of sp³-hybridized carbons (Fsp3) is 0.750. The molecule has 3 N–H and O–H groups in total. The van der Waals surface area contributed by atoms with Crippen LogP contribution in [0.25, 0.3) is 0 Å². The lowest BCUT2D eigenvalue weighted by atomic mass is 10.0. The lowest BCUT2D eigenvalue weighted by Crippen LogP contribution is -2.30. The molecule has 3 atom stereocenters. The van der Waals surface area contributed by atoms with E-state index in [1.807, 2.05) is 0 Å². The first kappa shape index (κ1) is 9.67. The molecule has 70 valence electrons. The van der Waals surface area contributed by atoms with Gasteiger partial charge in [-0.05, 0) is 12.5 Å². The van der Waals surface area contributed by atoms with Gasteiger partial charge in [-0.1, -0.05) is 6.58 Å². The molecule has 1 saturated heterocycles. The summed E-state index contributed by atoms with van der Waals surface area (Å²) in [6.07, 6.45) is -1.45. The van der Waals surface area contributed by atoms with Gasteiger partial charge in [0.2, 0.25) is 0 Å². The van der Waals surface area contributed by atoms with E-state index in [2.05, 4.69) is 6.58 Å². The van der Waals surface area contributed by atoms with E-state index in [9.17, 15) is 10.2 Å². The van der Waals surface area contributed by atoms with Gasteiger partial charge >= 0.3 is 0 Å². The minimum atomic E-state index is -1.47. The van der Waals surface area contributed by atoms with Gasteiger partial charge in [0.1, 0.15) is 6.10 Å². The highest BCUT2D eigenvalue weighted by molar-refractivity contribution is 5.08. The summed E-state index contributed by atoms with van der Waals surface area (Å²) in [7, 11) is 0. The van der Waals surface area contributed by atoms with E-state index in [1.165, 1.54) is 0 Å². The molecule has 1 fully saturated rings. The first-order valence-electron chi connectivity index (χ1n) is 3.84. The highest BCUT2D eigenvalue weighted by atomic mass is 16.6. The highest BCUT2D eigenvalue weighted by Crippen LogP contribution is 2.33. The van der Waals surface area contributed by atoms with Crippen molar-refractivity contribution in [2.24, 2.45) is 0 Å². The predicted molar refractivity (Wildman–Crippen MR) is 42.3 cm³/mol. The summed E-state index contributed by atoms with van der Waals surface area (Å²) in [4.78, 5) is 0. The molecular weight excluding hydrogens is 160 g/mol. The van der Waals surface area contributed by atoms with Gasteiger partial charge in [0.25, 0.3) is 0 Å². The molecule has 0 amide bonds. The lowest BCUT2D eigenvalue weighted by molar-refractivity contribution is -0.171. The van der Waals surface area contributed by atoms with Gasteiger partial charge in [-0.2, -0.15) is 0 Å². The summed E-state index contributed by atoms with van der Waals surface area (Å²) in [5, 5.41) is 27.7. The minimum absolute atomic E-state index is 0.0769. The standard InChI is InChI=1S/C8H14O4/c1-5(2)8(11)3-6(10)7(4-9)12-8/h6-7,9-11H,1,3-4H2,2H3/t6-,7+,8-/m0/s1. The van der Waals surface area contributed by atoms with Crippen LogP contribution in [0.1, 0.15) is 13.3 Å². The van der Waals surface area contributed by atoms with Gasteiger partial charge in [0, 0.05) is 6.42 Å². The number of hydrogen-bond acceptors (Lipinski definition) is 4. The summed E-state index contributed by atoms with van der Waals surface area (Å²) in [5.74, 6) is -1.47. The summed E-state index contributed by atoms with van der Waals surface area (Å²) in [6.45, 7) is 4.87. The lowest BCUT2D eigenvalue weighted by Gasteiger charge is -2.22. The third-order valence-corrected chi connectivity index (χ3v) is 2.11. The number of hydrogen-bond donors (Lipinski definition) is 3. The van der Waals surface area contributed by atoms with E-state index in [4.69, 9.17) is 9.84 Å². The fourth-order valence-corrected chi connectivity index (χ4v) is 1.23. The van der Waals surface area contributed by atoms with Crippen molar-refractivity contribution in [2.75, 3.05) is 6.61 Å². The van der Waals surface area contributed by atoms with Crippen LogP contribution in [0.5, 0.6) is 0 Å². The third-order valence-electron chi connectivity index (χ3n) is 2.11. The van der Waals surface area contributed by atoms with Crippen LogP contribution >= 0.6 is 0 Å². The molecule has 0 aromatic carbocycles. The Balaban J connectivity index is 2.70. The summed E-state index contributed by atoms with van der Waals surface area (Å²) < 4.78 is 5.03. The monoisotopic (exact) mass is 174 g/mol. The van der Waals surface area contributed by atoms with Crippen LogP contribution in [0, 0.1) is 0 Å². The zero-order valence-electron chi connectivity index (χ0n) is 7.03. The molecule has 0 spiro atoms. The smallest absolute Gasteiger partial charge is 0.190 e. The Morgan fingerprint density at radius 3 is 2.58 bits per heavy atom. The first-order chi connectivity index (χ1) is 5.49. The normalized spacial score (nSPS) is 41.7. The van der Waals surface area contributed by atoms with E-state index in [0.717, 1.165) is 0 Å². The Morgan fingerprint density at radius 1 is 1.75 bits per heavy atom. The third kappa shape index (κ3) is 1.51. The largest absolute Gasteiger partial charge is 0.394 e. The van der Waals surface area contributed by atoms with Crippen molar-refractivity contribution in [1.29, 1.82) is 0 Å². The quantitative estimate of drug-likeness (QED) is 0.489. The second-order valence-corrected chi connectivity index (χ2v) is 3.18. The van der Waals surface area contributed by atoms with Gasteiger partial charge in [-0.3, -0.25) is 0 Å². The number of aliphatic hydroxyl groups excluding tert-OH is 2. The summed E-state index contributed by atoms with van der Waals surface area (Å²) in [6, 6.07) is 0.